The molecular formula is C14H30O3S. The molecule has 0 aromatic carbocycles. The Morgan fingerprint density at radius 3 is 2.33 bits per heavy atom. The minimum Gasteiger partial charge on any atom is -0.379 e. The van der Waals surface area contributed by atoms with Crippen LogP contribution in [0.25, 0.3) is 0 Å². The maximum absolute atomic E-state index is 5.81. The molecule has 110 valence electrons. The lowest BCUT2D eigenvalue weighted by Gasteiger charge is -2.22. The van der Waals surface area contributed by atoms with Crippen molar-refractivity contribution in [3.63, 3.8) is 0 Å². The number of rotatable bonds is 12. The molecule has 0 aliphatic heterocycles. The van der Waals surface area contributed by atoms with Gasteiger partial charge in [-0.25, -0.2) is 0 Å². The van der Waals surface area contributed by atoms with E-state index in [2.05, 4.69) is 33.4 Å². The van der Waals surface area contributed by atoms with Crippen molar-refractivity contribution < 1.29 is 14.2 Å². The van der Waals surface area contributed by atoms with Gasteiger partial charge in [0.25, 0.3) is 0 Å². The largest absolute Gasteiger partial charge is 0.379 e. The van der Waals surface area contributed by atoms with E-state index in [1.165, 1.54) is 0 Å². The summed E-state index contributed by atoms with van der Waals surface area (Å²) in [6.07, 6.45) is 2.36. The SMILES string of the molecule is CCOCCOC(CCS)CC(C)OCC(C)C. The molecule has 0 rings (SSSR count). The van der Waals surface area contributed by atoms with Gasteiger partial charge in [-0.2, -0.15) is 12.6 Å². The summed E-state index contributed by atoms with van der Waals surface area (Å²) in [5, 5.41) is 0. The quantitative estimate of drug-likeness (QED) is 0.439. The van der Waals surface area contributed by atoms with E-state index in [0.29, 0.717) is 19.1 Å². The van der Waals surface area contributed by atoms with Crippen LogP contribution in [0.4, 0.5) is 0 Å². The highest BCUT2D eigenvalue weighted by Crippen LogP contribution is 2.12. The number of hydrogen-bond donors (Lipinski definition) is 1. The molecule has 0 saturated heterocycles. The predicted molar refractivity (Wildman–Crippen MR) is 79.6 cm³/mol. The molecule has 18 heavy (non-hydrogen) atoms. The molecule has 0 saturated carbocycles. The van der Waals surface area contributed by atoms with Crippen molar-refractivity contribution in [2.75, 3.05) is 32.2 Å². The second-order valence-corrected chi connectivity index (χ2v) is 5.42. The Bertz CT molecular complexity index is 176. The minimum absolute atomic E-state index is 0.227. The Morgan fingerprint density at radius 2 is 1.78 bits per heavy atom. The van der Waals surface area contributed by atoms with Crippen LogP contribution in [0.15, 0.2) is 0 Å². The Hall–Kier alpha value is 0.230. The monoisotopic (exact) mass is 278 g/mol. The second kappa shape index (κ2) is 12.3. The fourth-order valence-electron chi connectivity index (χ4n) is 1.63. The smallest absolute Gasteiger partial charge is 0.0704 e. The second-order valence-electron chi connectivity index (χ2n) is 4.98. The lowest BCUT2D eigenvalue weighted by Crippen LogP contribution is -2.24. The summed E-state index contributed by atoms with van der Waals surface area (Å²) < 4.78 is 16.9. The van der Waals surface area contributed by atoms with Gasteiger partial charge in [-0.3, -0.25) is 0 Å². The molecular weight excluding hydrogens is 248 g/mol. The van der Waals surface area contributed by atoms with E-state index in [1.54, 1.807) is 0 Å². The van der Waals surface area contributed by atoms with Crippen LogP contribution in [0.1, 0.15) is 40.5 Å². The van der Waals surface area contributed by atoms with Gasteiger partial charge in [0.2, 0.25) is 0 Å². The highest BCUT2D eigenvalue weighted by molar-refractivity contribution is 7.80. The molecule has 0 aliphatic rings. The highest BCUT2D eigenvalue weighted by Gasteiger charge is 2.14. The summed E-state index contributed by atoms with van der Waals surface area (Å²) in [6, 6.07) is 0. The topological polar surface area (TPSA) is 27.7 Å². The van der Waals surface area contributed by atoms with Gasteiger partial charge in [0.15, 0.2) is 0 Å². The lowest BCUT2D eigenvalue weighted by molar-refractivity contribution is -0.0338. The van der Waals surface area contributed by atoms with Crippen LogP contribution in [-0.4, -0.2) is 44.4 Å². The van der Waals surface area contributed by atoms with Gasteiger partial charge in [-0.15, -0.1) is 0 Å². The van der Waals surface area contributed by atoms with Crippen LogP contribution in [0, 0.1) is 5.92 Å². The summed E-state index contributed by atoms with van der Waals surface area (Å²) >= 11 is 4.28. The zero-order valence-corrected chi connectivity index (χ0v) is 13.2. The molecule has 0 N–H and O–H groups in total. The lowest BCUT2D eigenvalue weighted by atomic mass is 10.1. The first kappa shape index (κ1) is 18.2. The Labute approximate surface area is 118 Å². The van der Waals surface area contributed by atoms with Gasteiger partial charge >= 0.3 is 0 Å². The normalized spacial score (nSPS) is 15.0. The zero-order chi connectivity index (χ0) is 13.8. The molecule has 0 fully saturated rings. The molecule has 0 amide bonds. The van der Waals surface area contributed by atoms with Gasteiger partial charge in [-0.05, 0) is 38.4 Å². The van der Waals surface area contributed by atoms with Crippen LogP contribution in [0.5, 0.6) is 0 Å². The molecule has 2 unspecified atom stereocenters. The molecule has 0 radical (unpaired) electrons. The maximum Gasteiger partial charge on any atom is 0.0704 e. The summed E-state index contributed by atoms with van der Waals surface area (Å²) in [6.45, 7) is 11.3. The van der Waals surface area contributed by atoms with Crippen LogP contribution in [-0.2, 0) is 14.2 Å². The highest BCUT2D eigenvalue weighted by atomic mass is 32.1. The molecule has 3 nitrogen and oxygen atoms in total. The number of ether oxygens (including phenoxy) is 3. The third-order valence-electron chi connectivity index (χ3n) is 2.55. The van der Waals surface area contributed by atoms with Crippen molar-refractivity contribution in [1.82, 2.24) is 0 Å². The molecule has 2 atom stereocenters. The molecule has 0 heterocycles. The van der Waals surface area contributed by atoms with E-state index < -0.39 is 0 Å². The van der Waals surface area contributed by atoms with Crippen molar-refractivity contribution >= 4 is 12.6 Å². The first-order valence-corrected chi connectivity index (χ1v) is 7.65. The number of thiol groups is 1. The first-order chi connectivity index (χ1) is 8.60. The van der Waals surface area contributed by atoms with Gasteiger partial charge in [0, 0.05) is 13.2 Å². The van der Waals surface area contributed by atoms with Crippen molar-refractivity contribution in [2.24, 2.45) is 5.92 Å². The van der Waals surface area contributed by atoms with Crippen LogP contribution < -0.4 is 0 Å². The summed E-state index contributed by atoms with van der Waals surface area (Å²) in [4.78, 5) is 0. The molecule has 0 spiro atoms. The van der Waals surface area contributed by atoms with E-state index in [-0.39, 0.29) is 12.2 Å². The van der Waals surface area contributed by atoms with Crippen LogP contribution in [0.3, 0.4) is 0 Å². The summed E-state index contributed by atoms with van der Waals surface area (Å²) in [7, 11) is 0. The van der Waals surface area contributed by atoms with Crippen molar-refractivity contribution in [3.05, 3.63) is 0 Å². The van der Waals surface area contributed by atoms with Crippen molar-refractivity contribution in [1.29, 1.82) is 0 Å². The van der Waals surface area contributed by atoms with E-state index in [0.717, 1.165) is 31.8 Å². The average molecular weight is 278 g/mol. The van der Waals surface area contributed by atoms with E-state index >= 15 is 0 Å². The molecule has 0 aromatic rings. The summed E-state index contributed by atoms with van der Waals surface area (Å²) in [5.74, 6) is 1.42. The Balaban J connectivity index is 3.78. The van der Waals surface area contributed by atoms with E-state index in [9.17, 15) is 0 Å². The van der Waals surface area contributed by atoms with Crippen LogP contribution >= 0.6 is 12.6 Å². The summed E-state index contributed by atoms with van der Waals surface area (Å²) in [5.41, 5.74) is 0. The predicted octanol–water partition coefficient (Wildman–Crippen LogP) is 3.18. The standard InChI is InChI=1S/C14H30O3S/c1-5-15-7-8-16-14(6-9-18)10-13(4)17-11-12(2)3/h12-14,18H,5-11H2,1-4H3. The van der Waals surface area contributed by atoms with Gasteiger partial charge in [0.05, 0.1) is 25.4 Å². The third-order valence-corrected chi connectivity index (χ3v) is 2.80. The Kier molecular flexibility index (Phi) is 12.4. The molecule has 0 aromatic heterocycles. The fraction of sp³-hybridized carbons (Fsp3) is 1.00. The molecule has 4 heteroatoms. The molecule has 0 bridgehead atoms. The van der Waals surface area contributed by atoms with E-state index in [1.807, 2.05) is 6.92 Å². The third kappa shape index (κ3) is 11.3. The molecule has 0 aliphatic carbocycles. The first-order valence-electron chi connectivity index (χ1n) is 7.01. The fourth-order valence-corrected chi connectivity index (χ4v) is 1.91. The van der Waals surface area contributed by atoms with Crippen molar-refractivity contribution in [3.8, 4) is 0 Å². The Morgan fingerprint density at radius 1 is 1.06 bits per heavy atom. The van der Waals surface area contributed by atoms with Gasteiger partial charge in [0.1, 0.15) is 0 Å². The van der Waals surface area contributed by atoms with Gasteiger partial charge in [-0.1, -0.05) is 13.8 Å². The van der Waals surface area contributed by atoms with E-state index in [4.69, 9.17) is 14.2 Å². The maximum atomic E-state index is 5.81. The van der Waals surface area contributed by atoms with Crippen LogP contribution in [0.2, 0.25) is 0 Å². The zero-order valence-electron chi connectivity index (χ0n) is 12.4. The number of hydrogen-bond acceptors (Lipinski definition) is 4. The van der Waals surface area contributed by atoms with Crippen molar-refractivity contribution in [2.45, 2.75) is 52.7 Å². The average Bonchev–Trinajstić information content (AvgIpc) is 2.32. The minimum atomic E-state index is 0.227. The van der Waals surface area contributed by atoms with Gasteiger partial charge < -0.3 is 14.2 Å².